The lowest BCUT2D eigenvalue weighted by molar-refractivity contribution is -0.124. The topological polar surface area (TPSA) is 67.9 Å². The number of methoxy groups -OCH3 is 2. The van der Waals surface area contributed by atoms with Crippen molar-refractivity contribution in [1.82, 2.24) is 10.2 Å². The first-order valence-corrected chi connectivity index (χ1v) is 12.2. The molecule has 0 radical (unpaired) electrons. The number of fused-ring (bicyclic) bond motifs is 4. The van der Waals surface area contributed by atoms with Crippen molar-refractivity contribution in [3.63, 3.8) is 0 Å². The van der Waals surface area contributed by atoms with E-state index >= 15 is 0 Å². The zero-order valence-corrected chi connectivity index (χ0v) is 19.9. The molecule has 5 rings (SSSR count). The largest absolute Gasteiger partial charge is 0.493 e. The Labute approximate surface area is 200 Å². The Bertz CT molecular complexity index is 1140. The van der Waals surface area contributed by atoms with Gasteiger partial charge in [-0.1, -0.05) is 35.9 Å². The number of hydrogen-bond acceptors (Lipinski definition) is 4. The molecule has 0 aromatic heterocycles. The Hall–Kier alpha value is -3.28. The van der Waals surface area contributed by atoms with Crippen LogP contribution in [-0.2, 0) is 11.2 Å². The van der Waals surface area contributed by atoms with Crippen LogP contribution in [0, 0.1) is 0 Å². The van der Waals surface area contributed by atoms with E-state index in [1.807, 2.05) is 23.1 Å². The summed E-state index contributed by atoms with van der Waals surface area (Å²) in [6.45, 7) is 1.19. The lowest BCUT2D eigenvalue weighted by Crippen LogP contribution is -2.50. The van der Waals surface area contributed by atoms with E-state index in [1.54, 1.807) is 20.3 Å². The Morgan fingerprint density at radius 2 is 1.85 bits per heavy atom. The number of amides is 2. The number of nitrogens with one attached hydrogen (secondary N) is 1. The highest BCUT2D eigenvalue weighted by Gasteiger charge is 2.46. The van der Waals surface area contributed by atoms with Gasteiger partial charge >= 0.3 is 0 Å². The highest BCUT2D eigenvalue weighted by molar-refractivity contribution is 6.02. The van der Waals surface area contributed by atoms with Gasteiger partial charge in [-0.05, 0) is 67.3 Å². The van der Waals surface area contributed by atoms with Crippen LogP contribution in [-0.4, -0.2) is 44.0 Å². The van der Waals surface area contributed by atoms with Gasteiger partial charge in [-0.2, -0.15) is 0 Å². The number of rotatable bonds is 6. The van der Waals surface area contributed by atoms with Crippen molar-refractivity contribution in [3.05, 3.63) is 70.3 Å². The lowest BCUT2D eigenvalue weighted by Gasteiger charge is -2.45. The van der Waals surface area contributed by atoms with E-state index in [0.717, 1.165) is 31.2 Å². The van der Waals surface area contributed by atoms with Crippen LogP contribution < -0.4 is 14.8 Å². The van der Waals surface area contributed by atoms with Gasteiger partial charge in [0, 0.05) is 18.7 Å². The van der Waals surface area contributed by atoms with Crippen LogP contribution in [0.5, 0.6) is 11.5 Å². The van der Waals surface area contributed by atoms with E-state index in [9.17, 15) is 9.59 Å². The maximum atomic E-state index is 13.8. The molecule has 2 aromatic rings. The molecule has 0 saturated heterocycles. The molecule has 2 amide bonds. The van der Waals surface area contributed by atoms with Crippen molar-refractivity contribution in [2.75, 3.05) is 27.3 Å². The molecule has 1 N–H and O–H groups in total. The first kappa shape index (κ1) is 22.5. The average molecular weight is 461 g/mol. The predicted molar refractivity (Wildman–Crippen MR) is 130 cm³/mol. The van der Waals surface area contributed by atoms with Gasteiger partial charge in [0.25, 0.3) is 5.91 Å². The van der Waals surface area contributed by atoms with Crippen molar-refractivity contribution in [1.29, 1.82) is 0 Å². The maximum absolute atomic E-state index is 13.8. The molecule has 0 spiro atoms. The fourth-order valence-corrected chi connectivity index (χ4v) is 5.72. The molecule has 0 unspecified atom stereocenters. The van der Waals surface area contributed by atoms with Crippen LogP contribution in [0.2, 0.25) is 0 Å². The molecule has 3 aliphatic rings. The van der Waals surface area contributed by atoms with Crippen molar-refractivity contribution in [3.8, 4) is 11.5 Å². The van der Waals surface area contributed by atoms with E-state index in [-0.39, 0.29) is 17.9 Å². The standard InChI is InChI=1S/C28H32N2O4/c1-33-23-16-21-22(17-24(23)34-2)28(32)30-15-13-19-10-6-7-11-20(19)26(30)25(21)27(31)29-14-12-18-8-4-3-5-9-18/h6-8,10-11,16-17,25-26H,3-5,9,12-15H2,1-2H3,(H,29,31)/t25-,26-/m1/s1. The molecule has 0 fully saturated rings. The van der Waals surface area contributed by atoms with E-state index in [2.05, 4.69) is 23.5 Å². The van der Waals surface area contributed by atoms with Gasteiger partial charge in [0.1, 0.15) is 0 Å². The van der Waals surface area contributed by atoms with E-state index in [1.165, 1.54) is 24.0 Å². The predicted octanol–water partition coefficient (Wildman–Crippen LogP) is 4.55. The van der Waals surface area contributed by atoms with E-state index < -0.39 is 5.92 Å². The second-order valence-electron chi connectivity index (χ2n) is 9.31. The van der Waals surface area contributed by atoms with Gasteiger partial charge in [0.15, 0.2) is 11.5 Å². The zero-order valence-electron chi connectivity index (χ0n) is 19.9. The summed E-state index contributed by atoms with van der Waals surface area (Å²) >= 11 is 0. The normalized spacial score (nSPS) is 21.1. The monoisotopic (exact) mass is 460 g/mol. The average Bonchev–Trinajstić information content (AvgIpc) is 2.88. The van der Waals surface area contributed by atoms with Crippen LogP contribution in [0.1, 0.15) is 71.1 Å². The molecule has 2 atom stereocenters. The van der Waals surface area contributed by atoms with Crippen molar-refractivity contribution in [2.24, 2.45) is 0 Å². The highest BCUT2D eigenvalue weighted by atomic mass is 16.5. The van der Waals surface area contributed by atoms with Gasteiger partial charge in [-0.25, -0.2) is 0 Å². The highest BCUT2D eigenvalue weighted by Crippen LogP contribution is 2.48. The quantitative estimate of drug-likeness (QED) is 0.643. The van der Waals surface area contributed by atoms with Crippen molar-refractivity contribution < 1.29 is 19.1 Å². The number of hydrogen-bond donors (Lipinski definition) is 1. The Kier molecular flexibility index (Phi) is 6.31. The molecule has 2 aromatic carbocycles. The molecule has 0 saturated carbocycles. The number of carbonyl (C=O) groups is 2. The van der Waals surface area contributed by atoms with Crippen LogP contribution in [0.15, 0.2) is 48.0 Å². The van der Waals surface area contributed by atoms with E-state index in [0.29, 0.717) is 35.7 Å². The SMILES string of the molecule is COc1cc2c(cc1OC)[C@@H](C(=O)NCCC1=CCCCC1)[C@H]1c3ccccc3CCN1C2=O. The molecule has 178 valence electrons. The smallest absolute Gasteiger partial charge is 0.254 e. The van der Waals surface area contributed by atoms with Crippen LogP contribution >= 0.6 is 0 Å². The summed E-state index contributed by atoms with van der Waals surface area (Å²) in [4.78, 5) is 29.3. The summed E-state index contributed by atoms with van der Waals surface area (Å²) < 4.78 is 11.0. The van der Waals surface area contributed by atoms with E-state index in [4.69, 9.17) is 9.47 Å². The summed E-state index contributed by atoms with van der Waals surface area (Å²) in [6.07, 6.45) is 8.72. The number of benzene rings is 2. The van der Waals surface area contributed by atoms with Crippen molar-refractivity contribution >= 4 is 11.8 Å². The summed E-state index contributed by atoms with van der Waals surface area (Å²) in [5.41, 5.74) is 4.91. The number of nitrogens with zero attached hydrogens (tertiary/aromatic N) is 1. The fraction of sp³-hybridized carbons (Fsp3) is 0.429. The lowest BCUT2D eigenvalue weighted by atomic mass is 9.75. The molecule has 2 heterocycles. The van der Waals surface area contributed by atoms with Crippen LogP contribution in [0.3, 0.4) is 0 Å². The Morgan fingerprint density at radius 1 is 1.06 bits per heavy atom. The first-order chi connectivity index (χ1) is 16.6. The third-order valence-electron chi connectivity index (χ3n) is 7.44. The number of carbonyl (C=O) groups excluding carboxylic acids is 2. The summed E-state index contributed by atoms with van der Waals surface area (Å²) in [5, 5.41) is 3.20. The minimum atomic E-state index is -0.519. The summed E-state index contributed by atoms with van der Waals surface area (Å²) in [6, 6.07) is 11.4. The number of ether oxygens (including phenoxy) is 2. The Balaban J connectivity index is 1.53. The minimum Gasteiger partial charge on any atom is -0.493 e. The molecule has 2 aliphatic heterocycles. The molecular weight excluding hydrogens is 428 g/mol. The molecule has 34 heavy (non-hydrogen) atoms. The Morgan fingerprint density at radius 3 is 2.62 bits per heavy atom. The molecule has 6 nitrogen and oxygen atoms in total. The third kappa shape index (κ3) is 3.95. The van der Waals surface area contributed by atoms with Gasteiger partial charge in [-0.3, -0.25) is 9.59 Å². The third-order valence-corrected chi connectivity index (χ3v) is 7.44. The molecule has 6 heteroatoms. The number of allylic oxidation sites excluding steroid dienone is 1. The molecule has 0 bridgehead atoms. The van der Waals surface area contributed by atoms with Gasteiger partial charge in [-0.15, -0.1) is 0 Å². The first-order valence-electron chi connectivity index (χ1n) is 12.2. The summed E-state index contributed by atoms with van der Waals surface area (Å²) in [5.74, 6) is 0.385. The van der Waals surface area contributed by atoms with Crippen LogP contribution in [0.25, 0.3) is 0 Å². The van der Waals surface area contributed by atoms with Crippen molar-refractivity contribution in [2.45, 2.75) is 50.5 Å². The molecule has 1 aliphatic carbocycles. The summed E-state index contributed by atoms with van der Waals surface area (Å²) in [7, 11) is 3.13. The fourth-order valence-electron chi connectivity index (χ4n) is 5.72. The second-order valence-corrected chi connectivity index (χ2v) is 9.31. The second kappa shape index (κ2) is 9.53. The van der Waals surface area contributed by atoms with Gasteiger partial charge in [0.2, 0.25) is 5.91 Å². The maximum Gasteiger partial charge on any atom is 0.254 e. The minimum absolute atomic E-state index is 0.0518. The van der Waals surface area contributed by atoms with Crippen LogP contribution in [0.4, 0.5) is 0 Å². The van der Waals surface area contributed by atoms with Gasteiger partial charge in [0.05, 0.1) is 26.2 Å². The zero-order chi connectivity index (χ0) is 23.7. The van der Waals surface area contributed by atoms with Gasteiger partial charge < -0.3 is 19.7 Å². The molecular formula is C28H32N2O4.